The van der Waals surface area contributed by atoms with Crippen molar-refractivity contribution in [1.29, 1.82) is 0 Å². The van der Waals surface area contributed by atoms with Crippen molar-refractivity contribution < 1.29 is 39.0 Å². The molecule has 6 amide bonds. The van der Waals surface area contributed by atoms with E-state index in [1.807, 2.05) is 0 Å². The number of anilines is 2. The lowest BCUT2D eigenvalue weighted by Crippen LogP contribution is -2.49. The van der Waals surface area contributed by atoms with Gasteiger partial charge in [-0.25, -0.2) is 0 Å². The average Bonchev–Trinajstić information content (AvgIpc) is 3.07. The fraction of sp³-hybridized carbons (Fsp3) is 0.267. The van der Waals surface area contributed by atoms with E-state index in [0.717, 1.165) is 0 Å². The summed E-state index contributed by atoms with van der Waals surface area (Å²) in [6, 6.07) is 13.2. The molecule has 1 aromatic carbocycles. The van der Waals surface area contributed by atoms with Crippen LogP contribution in [0, 0.1) is 0 Å². The number of nitrogens with zero attached hydrogens (tertiary/aromatic N) is 2. The number of aliphatic hydroxyl groups is 2. The number of rotatable bonds is 16. The van der Waals surface area contributed by atoms with Crippen molar-refractivity contribution in [3.63, 3.8) is 0 Å². The predicted octanol–water partition coefficient (Wildman–Crippen LogP) is -1.05. The quantitative estimate of drug-likeness (QED) is 0.0951. The monoisotopic (exact) mass is 634 g/mol. The van der Waals surface area contributed by atoms with Gasteiger partial charge in [-0.05, 0) is 48.5 Å². The topological polar surface area (TPSA) is 241 Å². The fourth-order valence-corrected chi connectivity index (χ4v) is 3.78. The number of carbonyl (C=O) groups is 6. The molecule has 0 saturated heterocycles. The normalized spacial score (nSPS) is 11.7. The Hall–Kier alpha value is -5.74. The third kappa shape index (κ3) is 11.4. The molecule has 0 bridgehead atoms. The Bertz CT molecular complexity index is 1380. The molecule has 242 valence electrons. The van der Waals surface area contributed by atoms with Gasteiger partial charge in [-0.3, -0.25) is 38.7 Å². The largest absolute Gasteiger partial charge is 0.394 e. The third-order valence-electron chi connectivity index (χ3n) is 6.16. The highest BCUT2D eigenvalue weighted by Gasteiger charge is 2.22. The van der Waals surface area contributed by atoms with Crippen LogP contribution in [0.15, 0.2) is 73.1 Å². The van der Waals surface area contributed by atoms with Gasteiger partial charge in [0.15, 0.2) is 0 Å². The van der Waals surface area contributed by atoms with Gasteiger partial charge in [0, 0.05) is 49.7 Å². The van der Waals surface area contributed by atoms with Gasteiger partial charge in [-0.2, -0.15) is 0 Å². The Kier molecular flexibility index (Phi) is 13.7. The van der Waals surface area contributed by atoms with Gasteiger partial charge in [0.05, 0.1) is 13.2 Å². The van der Waals surface area contributed by atoms with Crippen LogP contribution in [-0.2, 0) is 19.2 Å². The van der Waals surface area contributed by atoms with E-state index in [1.54, 1.807) is 48.5 Å². The zero-order valence-electron chi connectivity index (χ0n) is 24.6. The van der Waals surface area contributed by atoms with Crippen molar-refractivity contribution >= 4 is 46.8 Å². The number of hydrogen-bond acceptors (Lipinski definition) is 10. The molecule has 3 aromatic rings. The maximum atomic E-state index is 12.3. The zero-order chi connectivity index (χ0) is 33.3. The second kappa shape index (κ2) is 18.2. The molecule has 0 saturated carbocycles. The molecule has 0 unspecified atom stereocenters. The number of aromatic nitrogens is 2. The standard InChI is InChI=1S/C30H34N8O8/c39-17-23(37-29(45)21-5-1-3-13-31-21)27(43)33-15-11-25(41)35-19-7-9-20(10-8-19)36-26(42)12-16-34-28(44)24(18-40)38-30(46)22-6-2-4-14-32-22/h1-10,13-14,23-24,39-40H,11-12,15-18H2,(H,33,43)(H,34,44)(H,35,41)(H,36,42)(H,37,45)(H,38,46)/t23-,24-/m0/s1. The van der Waals surface area contributed by atoms with Crippen molar-refractivity contribution in [2.24, 2.45) is 0 Å². The summed E-state index contributed by atoms with van der Waals surface area (Å²) < 4.78 is 0. The number of amides is 6. The summed E-state index contributed by atoms with van der Waals surface area (Å²) in [5, 5.41) is 34.0. The van der Waals surface area contributed by atoms with Gasteiger partial charge in [0.1, 0.15) is 23.5 Å². The summed E-state index contributed by atoms with van der Waals surface area (Å²) in [5.41, 5.74) is 1.03. The van der Waals surface area contributed by atoms with E-state index in [-0.39, 0.29) is 37.3 Å². The number of nitrogens with one attached hydrogen (secondary N) is 6. The van der Waals surface area contributed by atoms with E-state index < -0.39 is 60.7 Å². The van der Waals surface area contributed by atoms with Crippen molar-refractivity contribution in [3.8, 4) is 0 Å². The molecule has 0 spiro atoms. The molecule has 16 nitrogen and oxygen atoms in total. The molecule has 8 N–H and O–H groups in total. The van der Waals surface area contributed by atoms with E-state index in [9.17, 15) is 39.0 Å². The molecular weight excluding hydrogens is 600 g/mol. The first-order chi connectivity index (χ1) is 22.2. The van der Waals surface area contributed by atoms with Gasteiger partial charge >= 0.3 is 0 Å². The fourth-order valence-electron chi connectivity index (χ4n) is 3.78. The van der Waals surface area contributed by atoms with Crippen molar-refractivity contribution in [3.05, 3.63) is 84.4 Å². The Morgan fingerprint density at radius 2 is 0.978 bits per heavy atom. The smallest absolute Gasteiger partial charge is 0.270 e. The molecule has 2 heterocycles. The molecule has 3 rings (SSSR count). The number of hydrogen-bond donors (Lipinski definition) is 8. The van der Waals surface area contributed by atoms with Crippen LogP contribution in [0.3, 0.4) is 0 Å². The minimum Gasteiger partial charge on any atom is -0.394 e. The van der Waals surface area contributed by atoms with Gasteiger partial charge < -0.3 is 42.1 Å². The van der Waals surface area contributed by atoms with E-state index >= 15 is 0 Å². The van der Waals surface area contributed by atoms with E-state index in [4.69, 9.17) is 0 Å². The molecule has 2 atom stereocenters. The number of pyridine rings is 2. The Labute approximate surface area is 263 Å². The third-order valence-corrected chi connectivity index (χ3v) is 6.16. The number of benzene rings is 1. The highest BCUT2D eigenvalue weighted by molar-refractivity contribution is 5.97. The summed E-state index contributed by atoms with van der Waals surface area (Å²) in [5.74, 6) is -3.42. The van der Waals surface area contributed by atoms with Crippen molar-refractivity contribution in [2.75, 3.05) is 36.9 Å². The van der Waals surface area contributed by atoms with Gasteiger partial charge in [-0.1, -0.05) is 12.1 Å². The lowest BCUT2D eigenvalue weighted by molar-refractivity contribution is -0.125. The highest BCUT2D eigenvalue weighted by atomic mass is 16.3. The SMILES string of the molecule is O=C(CCNC(=O)[C@H](CO)NC(=O)c1ccccn1)Nc1ccc(NC(=O)CCNC(=O)[C@H](CO)NC(=O)c2ccccn2)cc1. The minimum absolute atomic E-state index is 0.0546. The maximum absolute atomic E-state index is 12.3. The van der Waals surface area contributed by atoms with Crippen LogP contribution in [0.25, 0.3) is 0 Å². The lowest BCUT2D eigenvalue weighted by atomic mass is 10.2. The number of aliphatic hydroxyl groups excluding tert-OH is 2. The zero-order valence-corrected chi connectivity index (χ0v) is 24.6. The Morgan fingerprint density at radius 3 is 1.30 bits per heavy atom. The Balaban J connectivity index is 1.34. The van der Waals surface area contributed by atoms with Crippen LogP contribution >= 0.6 is 0 Å². The molecule has 0 aliphatic rings. The van der Waals surface area contributed by atoms with E-state index in [1.165, 1.54) is 24.5 Å². The van der Waals surface area contributed by atoms with Crippen LogP contribution in [0.5, 0.6) is 0 Å². The van der Waals surface area contributed by atoms with Crippen molar-refractivity contribution in [2.45, 2.75) is 24.9 Å². The summed E-state index contributed by atoms with van der Waals surface area (Å²) in [6.07, 6.45) is 2.66. The summed E-state index contributed by atoms with van der Waals surface area (Å²) in [7, 11) is 0. The van der Waals surface area contributed by atoms with Crippen LogP contribution in [0.4, 0.5) is 11.4 Å². The molecular formula is C30H34N8O8. The Morgan fingerprint density at radius 1 is 0.587 bits per heavy atom. The van der Waals surface area contributed by atoms with Gasteiger partial charge in [0.2, 0.25) is 23.6 Å². The predicted molar refractivity (Wildman–Crippen MR) is 164 cm³/mol. The molecule has 2 aromatic heterocycles. The number of carbonyl (C=O) groups excluding carboxylic acids is 6. The minimum atomic E-state index is -1.22. The maximum Gasteiger partial charge on any atom is 0.270 e. The van der Waals surface area contributed by atoms with E-state index in [2.05, 4.69) is 41.9 Å². The molecule has 46 heavy (non-hydrogen) atoms. The van der Waals surface area contributed by atoms with Crippen LogP contribution in [0.1, 0.15) is 33.8 Å². The summed E-state index contributed by atoms with van der Waals surface area (Å²) >= 11 is 0. The summed E-state index contributed by atoms with van der Waals surface area (Å²) in [4.78, 5) is 81.3. The second-order valence-corrected chi connectivity index (χ2v) is 9.60. The summed E-state index contributed by atoms with van der Waals surface area (Å²) in [6.45, 7) is -1.40. The van der Waals surface area contributed by atoms with Crippen LogP contribution < -0.4 is 31.9 Å². The molecule has 0 radical (unpaired) electrons. The van der Waals surface area contributed by atoms with Gasteiger partial charge in [-0.15, -0.1) is 0 Å². The van der Waals surface area contributed by atoms with Crippen molar-refractivity contribution in [1.82, 2.24) is 31.2 Å². The average molecular weight is 635 g/mol. The lowest BCUT2D eigenvalue weighted by Gasteiger charge is -2.16. The second-order valence-electron chi connectivity index (χ2n) is 9.60. The first-order valence-electron chi connectivity index (χ1n) is 14.1. The first-order valence-corrected chi connectivity index (χ1v) is 14.1. The molecule has 0 aliphatic carbocycles. The first kappa shape index (κ1) is 34.7. The molecule has 16 heteroatoms. The van der Waals surface area contributed by atoms with E-state index in [0.29, 0.717) is 11.4 Å². The van der Waals surface area contributed by atoms with Gasteiger partial charge in [0.25, 0.3) is 11.8 Å². The van der Waals surface area contributed by atoms with Crippen LogP contribution in [-0.4, -0.2) is 94.0 Å². The highest BCUT2D eigenvalue weighted by Crippen LogP contribution is 2.14. The van der Waals surface area contributed by atoms with Crippen LogP contribution in [0.2, 0.25) is 0 Å². The molecule has 0 fully saturated rings. The molecule has 0 aliphatic heterocycles.